The van der Waals surface area contributed by atoms with Crippen LogP contribution in [0.15, 0.2) is 11.6 Å². The van der Waals surface area contributed by atoms with Crippen molar-refractivity contribution in [2.45, 2.75) is 33.6 Å². The number of hydrogen-bond donors (Lipinski definition) is 2. The number of carboxylic acids is 1. The van der Waals surface area contributed by atoms with Gasteiger partial charge in [-0.15, -0.1) is 0 Å². The van der Waals surface area contributed by atoms with Gasteiger partial charge in [-0.05, 0) is 12.3 Å². The van der Waals surface area contributed by atoms with Crippen LogP contribution in [-0.4, -0.2) is 28.3 Å². The molecule has 16 heavy (non-hydrogen) atoms. The molecule has 2 N–H and O–H groups in total. The zero-order valence-corrected chi connectivity index (χ0v) is 11.0. The average Bonchev–Trinajstić information content (AvgIpc) is 2.09. The molecule has 0 aromatic heterocycles. The van der Waals surface area contributed by atoms with Crippen LogP contribution in [0, 0.1) is 5.92 Å². The van der Waals surface area contributed by atoms with E-state index in [1.807, 2.05) is 20.8 Å². The summed E-state index contributed by atoms with van der Waals surface area (Å²) < 4.78 is 11.8. The van der Waals surface area contributed by atoms with E-state index >= 15 is 0 Å². The van der Waals surface area contributed by atoms with Crippen LogP contribution in [0.5, 0.6) is 0 Å². The van der Waals surface area contributed by atoms with Crippen LogP contribution in [0.25, 0.3) is 0 Å². The van der Waals surface area contributed by atoms with Crippen molar-refractivity contribution in [1.82, 2.24) is 0 Å². The van der Waals surface area contributed by atoms with Gasteiger partial charge >= 0.3 is 5.97 Å². The maximum Gasteiger partial charge on any atom is 0.331 e. The third-order valence-corrected chi connectivity index (χ3v) is 4.16. The van der Waals surface area contributed by atoms with Crippen molar-refractivity contribution in [1.29, 1.82) is 0 Å². The van der Waals surface area contributed by atoms with Crippen LogP contribution >= 0.6 is 7.37 Å². The Bertz CT molecular complexity index is 307. The molecule has 0 amide bonds. The molecule has 94 valence electrons. The van der Waals surface area contributed by atoms with Crippen LogP contribution in [0.1, 0.15) is 33.6 Å². The summed E-state index contributed by atoms with van der Waals surface area (Å²) in [4.78, 5) is 20.5. The van der Waals surface area contributed by atoms with E-state index in [9.17, 15) is 14.3 Å². The van der Waals surface area contributed by atoms with Gasteiger partial charge in [0.25, 0.3) is 0 Å². The van der Waals surface area contributed by atoms with Gasteiger partial charge in [-0.25, -0.2) is 4.79 Å². The third-order valence-electron chi connectivity index (χ3n) is 2.02. The highest BCUT2D eigenvalue weighted by molar-refractivity contribution is 7.58. The number of carboxylic acid groups (broad SMARTS) is 1. The summed E-state index contributed by atoms with van der Waals surface area (Å²) in [7, 11) is -3.35. The summed E-state index contributed by atoms with van der Waals surface area (Å²) in [6.07, 6.45) is 2.95. The van der Waals surface area contributed by atoms with Gasteiger partial charge in [0.05, 0.1) is 6.16 Å². The molecule has 5 heteroatoms. The molecule has 0 heterocycles. The maximum absolute atomic E-state index is 11.8. The van der Waals surface area contributed by atoms with Gasteiger partial charge in [0.2, 0.25) is 7.37 Å². The van der Waals surface area contributed by atoms with Gasteiger partial charge in [0.15, 0.2) is 0 Å². The lowest BCUT2D eigenvalue weighted by Crippen LogP contribution is -2.09. The molecule has 0 aliphatic carbocycles. The van der Waals surface area contributed by atoms with E-state index in [4.69, 9.17) is 5.11 Å². The fraction of sp³-hybridized carbons (Fsp3) is 0.727. The van der Waals surface area contributed by atoms with Crippen LogP contribution in [0.2, 0.25) is 0 Å². The van der Waals surface area contributed by atoms with E-state index in [0.29, 0.717) is 6.42 Å². The Balaban J connectivity index is 4.63. The summed E-state index contributed by atoms with van der Waals surface area (Å²) in [5, 5.41) is 8.90. The molecule has 0 rings (SSSR count). The third kappa shape index (κ3) is 6.81. The Morgan fingerprint density at radius 1 is 1.44 bits per heavy atom. The number of carbonyl (C=O) groups is 1. The van der Waals surface area contributed by atoms with E-state index in [0.717, 1.165) is 6.42 Å². The highest BCUT2D eigenvalue weighted by Crippen LogP contribution is 2.44. The molecule has 0 radical (unpaired) electrons. The first-order valence-corrected chi connectivity index (χ1v) is 7.54. The fourth-order valence-electron chi connectivity index (χ4n) is 1.44. The minimum absolute atomic E-state index is 0.0633. The molecule has 0 bridgehead atoms. The lowest BCUT2D eigenvalue weighted by Gasteiger charge is -2.14. The number of unbranched alkanes of at least 4 members (excludes halogenated alkanes) is 1. The molecule has 0 saturated carbocycles. The number of aliphatic carboxylic acids is 1. The summed E-state index contributed by atoms with van der Waals surface area (Å²) in [6, 6.07) is 0. The second-order valence-corrected chi connectivity index (χ2v) is 6.78. The van der Waals surface area contributed by atoms with E-state index < -0.39 is 13.3 Å². The van der Waals surface area contributed by atoms with Gasteiger partial charge < -0.3 is 10.00 Å². The van der Waals surface area contributed by atoms with Crippen molar-refractivity contribution in [3.05, 3.63) is 11.6 Å². The van der Waals surface area contributed by atoms with Gasteiger partial charge in [-0.1, -0.05) is 33.3 Å². The van der Waals surface area contributed by atoms with Gasteiger partial charge in [0, 0.05) is 11.7 Å². The average molecular weight is 248 g/mol. The molecule has 1 atom stereocenters. The second kappa shape index (κ2) is 6.87. The number of hydrogen-bond acceptors (Lipinski definition) is 2. The molecule has 0 fully saturated rings. The monoisotopic (exact) mass is 248 g/mol. The molecule has 0 aliphatic rings. The Kier molecular flexibility index (Phi) is 6.61. The van der Waals surface area contributed by atoms with E-state index in [2.05, 4.69) is 0 Å². The summed E-state index contributed by atoms with van der Waals surface area (Å²) in [5.41, 5.74) is 0.0633. The Labute approximate surface area is 96.8 Å². The van der Waals surface area contributed by atoms with Crippen LogP contribution in [0.3, 0.4) is 0 Å². The maximum atomic E-state index is 11.8. The molecule has 0 aromatic rings. The Morgan fingerprint density at radius 3 is 2.38 bits per heavy atom. The lowest BCUT2D eigenvalue weighted by molar-refractivity contribution is -0.132. The Morgan fingerprint density at radius 2 is 2.00 bits per heavy atom. The standard InChI is InChI=1S/C11H21O4P/c1-4-5-6-10(11(12)13)8-16(14,15)7-9(2)3/h6,9H,4-5,7-8H2,1-3H3,(H,12,13)(H,14,15). The second-order valence-electron chi connectivity index (χ2n) is 4.40. The van der Waals surface area contributed by atoms with Crippen molar-refractivity contribution in [2.75, 3.05) is 12.3 Å². The highest BCUT2D eigenvalue weighted by atomic mass is 31.2. The smallest absolute Gasteiger partial charge is 0.331 e. The molecular formula is C11H21O4P. The largest absolute Gasteiger partial charge is 0.478 e. The molecule has 0 aromatic carbocycles. The summed E-state index contributed by atoms with van der Waals surface area (Å²) >= 11 is 0. The van der Waals surface area contributed by atoms with Crippen LogP contribution in [-0.2, 0) is 9.36 Å². The van der Waals surface area contributed by atoms with Crippen molar-refractivity contribution in [3.63, 3.8) is 0 Å². The molecule has 0 aliphatic heterocycles. The van der Waals surface area contributed by atoms with Gasteiger partial charge in [0.1, 0.15) is 0 Å². The van der Waals surface area contributed by atoms with Crippen molar-refractivity contribution < 1.29 is 19.4 Å². The lowest BCUT2D eigenvalue weighted by atomic mass is 10.2. The van der Waals surface area contributed by atoms with Crippen molar-refractivity contribution >= 4 is 13.3 Å². The molecule has 1 unspecified atom stereocenters. The molecule has 0 saturated heterocycles. The highest BCUT2D eigenvalue weighted by Gasteiger charge is 2.24. The number of rotatable bonds is 7. The van der Waals surface area contributed by atoms with Crippen molar-refractivity contribution in [2.24, 2.45) is 5.92 Å². The molecular weight excluding hydrogens is 227 g/mol. The van der Waals surface area contributed by atoms with E-state index in [-0.39, 0.29) is 23.8 Å². The topological polar surface area (TPSA) is 74.6 Å². The SMILES string of the molecule is CCCC=C(CP(=O)(O)CC(C)C)C(=O)O. The fourth-order valence-corrected chi connectivity index (χ4v) is 3.51. The molecule has 0 spiro atoms. The normalized spacial score (nSPS) is 16.2. The van der Waals surface area contributed by atoms with Gasteiger partial charge in [-0.2, -0.15) is 0 Å². The minimum Gasteiger partial charge on any atom is -0.478 e. The minimum atomic E-state index is -3.35. The van der Waals surface area contributed by atoms with Crippen LogP contribution in [0.4, 0.5) is 0 Å². The first-order valence-electron chi connectivity index (χ1n) is 5.51. The zero-order chi connectivity index (χ0) is 12.8. The van der Waals surface area contributed by atoms with Gasteiger partial charge in [-0.3, -0.25) is 4.57 Å². The quantitative estimate of drug-likeness (QED) is 0.536. The van der Waals surface area contributed by atoms with E-state index in [1.165, 1.54) is 0 Å². The summed E-state index contributed by atoms with van der Waals surface area (Å²) in [6.45, 7) is 5.63. The summed E-state index contributed by atoms with van der Waals surface area (Å²) in [5.74, 6) is -0.997. The number of allylic oxidation sites excluding steroid dienone is 1. The van der Waals surface area contributed by atoms with Crippen molar-refractivity contribution in [3.8, 4) is 0 Å². The first-order chi connectivity index (χ1) is 7.28. The van der Waals surface area contributed by atoms with Crippen LogP contribution < -0.4 is 0 Å². The zero-order valence-electron chi connectivity index (χ0n) is 10.1. The first kappa shape index (κ1) is 15.4. The predicted molar refractivity (Wildman–Crippen MR) is 65.0 cm³/mol. The Hall–Kier alpha value is -0.600. The molecule has 4 nitrogen and oxygen atoms in total. The van der Waals surface area contributed by atoms with E-state index in [1.54, 1.807) is 6.08 Å². The predicted octanol–water partition coefficient (Wildman–Crippen LogP) is 2.72.